The molecule has 1 rings (SSSR count). The lowest BCUT2D eigenvalue weighted by molar-refractivity contribution is -0.111. The first-order valence-corrected chi connectivity index (χ1v) is 4.81. The van der Waals surface area contributed by atoms with Crippen LogP contribution in [0, 0.1) is 0 Å². The second-order valence-electron chi connectivity index (χ2n) is 3.21. The van der Waals surface area contributed by atoms with Gasteiger partial charge < -0.3 is 0 Å². The first-order valence-electron chi connectivity index (χ1n) is 4.43. The van der Waals surface area contributed by atoms with E-state index in [0.717, 1.165) is 6.42 Å². The lowest BCUT2D eigenvalue weighted by atomic mass is 9.97. The molecule has 13 heavy (non-hydrogen) atoms. The molecule has 0 aliphatic heterocycles. The van der Waals surface area contributed by atoms with E-state index in [4.69, 9.17) is 11.6 Å². The van der Waals surface area contributed by atoms with Crippen LogP contribution in [0.4, 0.5) is 0 Å². The SMILES string of the molecule is C[C@@H](CCC(=O)Cl)c1ccccc1. The molecular weight excluding hydrogens is 184 g/mol. The zero-order valence-electron chi connectivity index (χ0n) is 7.66. The zero-order chi connectivity index (χ0) is 9.68. The molecule has 0 spiro atoms. The van der Waals surface area contributed by atoms with Crippen LogP contribution in [0.1, 0.15) is 31.2 Å². The third-order valence-electron chi connectivity index (χ3n) is 2.14. The van der Waals surface area contributed by atoms with E-state index in [0.29, 0.717) is 12.3 Å². The molecule has 0 radical (unpaired) electrons. The smallest absolute Gasteiger partial charge is 0.221 e. The molecule has 0 fully saturated rings. The van der Waals surface area contributed by atoms with Crippen LogP contribution < -0.4 is 0 Å². The maximum atomic E-state index is 10.5. The third kappa shape index (κ3) is 3.60. The van der Waals surface area contributed by atoms with E-state index in [1.165, 1.54) is 5.56 Å². The van der Waals surface area contributed by atoms with Crippen molar-refractivity contribution < 1.29 is 4.79 Å². The Hall–Kier alpha value is -0.820. The van der Waals surface area contributed by atoms with Crippen LogP contribution in [0.25, 0.3) is 0 Å². The number of carbonyl (C=O) groups is 1. The Labute approximate surface area is 83.7 Å². The summed E-state index contributed by atoms with van der Waals surface area (Å²) in [6.45, 7) is 2.11. The van der Waals surface area contributed by atoms with Crippen molar-refractivity contribution in [3.8, 4) is 0 Å². The maximum Gasteiger partial charge on any atom is 0.221 e. The Kier molecular flexibility index (Phi) is 3.97. The molecular formula is C11H13ClO. The van der Waals surface area contributed by atoms with Gasteiger partial charge in [0.2, 0.25) is 5.24 Å². The van der Waals surface area contributed by atoms with E-state index in [1.807, 2.05) is 18.2 Å². The second kappa shape index (κ2) is 5.03. The van der Waals surface area contributed by atoms with Gasteiger partial charge in [0.1, 0.15) is 0 Å². The monoisotopic (exact) mass is 196 g/mol. The summed E-state index contributed by atoms with van der Waals surface area (Å²) in [6, 6.07) is 10.2. The summed E-state index contributed by atoms with van der Waals surface area (Å²) in [5.74, 6) is 0.406. The van der Waals surface area contributed by atoms with Crippen LogP contribution in [0.2, 0.25) is 0 Å². The van der Waals surface area contributed by atoms with Gasteiger partial charge in [-0.05, 0) is 29.5 Å². The van der Waals surface area contributed by atoms with Crippen molar-refractivity contribution in [2.24, 2.45) is 0 Å². The lowest BCUT2D eigenvalue weighted by Crippen LogP contribution is -1.96. The van der Waals surface area contributed by atoms with Gasteiger partial charge in [0.15, 0.2) is 0 Å². The third-order valence-corrected chi connectivity index (χ3v) is 2.33. The van der Waals surface area contributed by atoms with Gasteiger partial charge in [0.25, 0.3) is 0 Å². The minimum absolute atomic E-state index is 0.247. The fourth-order valence-corrected chi connectivity index (χ4v) is 1.39. The van der Waals surface area contributed by atoms with Crippen LogP contribution >= 0.6 is 11.6 Å². The topological polar surface area (TPSA) is 17.1 Å². The number of halogens is 1. The predicted octanol–water partition coefficient (Wildman–Crippen LogP) is 3.34. The van der Waals surface area contributed by atoms with Crippen molar-refractivity contribution in [1.29, 1.82) is 0 Å². The second-order valence-corrected chi connectivity index (χ2v) is 3.63. The Balaban J connectivity index is 2.49. The van der Waals surface area contributed by atoms with E-state index in [9.17, 15) is 4.79 Å². The molecule has 70 valence electrons. The summed E-state index contributed by atoms with van der Waals surface area (Å²) in [7, 11) is 0. The van der Waals surface area contributed by atoms with Gasteiger partial charge in [0, 0.05) is 6.42 Å². The van der Waals surface area contributed by atoms with Gasteiger partial charge in [-0.2, -0.15) is 0 Å². The van der Waals surface area contributed by atoms with Crippen molar-refractivity contribution in [3.63, 3.8) is 0 Å². The summed E-state index contributed by atoms with van der Waals surface area (Å²) in [6.07, 6.45) is 1.28. The standard InChI is InChI=1S/C11H13ClO/c1-9(7-8-11(12)13)10-5-3-2-4-6-10/h2-6,9H,7-8H2,1H3/t9-/m0/s1. The normalized spacial score (nSPS) is 12.5. The van der Waals surface area contributed by atoms with E-state index < -0.39 is 0 Å². The highest BCUT2D eigenvalue weighted by Gasteiger charge is 2.06. The predicted molar refractivity (Wildman–Crippen MR) is 55.0 cm³/mol. The minimum Gasteiger partial charge on any atom is -0.281 e. The zero-order valence-corrected chi connectivity index (χ0v) is 8.42. The van der Waals surface area contributed by atoms with Crippen LogP contribution in [0.3, 0.4) is 0 Å². The molecule has 0 N–H and O–H groups in total. The van der Waals surface area contributed by atoms with Crippen molar-refractivity contribution in [1.82, 2.24) is 0 Å². The summed E-state index contributed by atoms with van der Waals surface area (Å²) < 4.78 is 0. The summed E-state index contributed by atoms with van der Waals surface area (Å²) >= 11 is 5.27. The minimum atomic E-state index is -0.247. The number of rotatable bonds is 4. The fraction of sp³-hybridized carbons (Fsp3) is 0.364. The number of benzene rings is 1. The summed E-state index contributed by atoms with van der Waals surface area (Å²) in [5.41, 5.74) is 1.26. The highest BCUT2D eigenvalue weighted by atomic mass is 35.5. The molecule has 2 heteroatoms. The molecule has 0 saturated heterocycles. The Morgan fingerprint density at radius 1 is 1.38 bits per heavy atom. The Morgan fingerprint density at radius 2 is 2.00 bits per heavy atom. The number of carbonyl (C=O) groups excluding carboxylic acids is 1. The van der Waals surface area contributed by atoms with E-state index in [1.54, 1.807) is 0 Å². The molecule has 1 atom stereocenters. The number of hydrogen-bond acceptors (Lipinski definition) is 1. The van der Waals surface area contributed by atoms with Crippen LogP contribution in [-0.2, 0) is 4.79 Å². The fourth-order valence-electron chi connectivity index (χ4n) is 1.28. The largest absolute Gasteiger partial charge is 0.281 e. The molecule has 0 aliphatic rings. The molecule has 0 saturated carbocycles. The van der Waals surface area contributed by atoms with Gasteiger partial charge >= 0.3 is 0 Å². The quantitative estimate of drug-likeness (QED) is 0.676. The molecule has 1 aromatic carbocycles. The van der Waals surface area contributed by atoms with Crippen molar-refractivity contribution in [3.05, 3.63) is 35.9 Å². The Morgan fingerprint density at radius 3 is 2.54 bits per heavy atom. The van der Waals surface area contributed by atoms with Gasteiger partial charge in [-0.3, -0.25) is 4.79 Å². The molecule has 0 amide bonds. The number of hydrogen-bond donors (Lipinski definition) is 0. The molecule has 1 nitrogen and oxygen atoms in total. The van der Waals surface area contributed by atoms with Gasteiger partial charge in [-0.15, -0.1) is 0 Å². The summed E-state index contributed by atoms with van der Waals surface area (Å²) in [5, 5.41) is -0.247. The van der Waals surface area contributed by atoms with Gasteiger partial charge in [-0.25, -0.2) is 0 Å². The highest BCUT2D eigenvalue weighted by Crippen LogP contribution is 2.20. The average molecular weight is 197 g/mol. The van der Waals surface area contributed by atoms with Crippen molar-refractivity contribution >= 4 is 16.8 Å². The van der Waals surface area contributed by atoms with Crippen LogP contribution in [-0.4, -0.2) is 5.24 Å². The van der Waals surface area contributed by atoms with Crippen LogP contribution in [0.5, 0.6) is 0 Å². The average Bonchev–Trinajstić information content (AvgIpc) is 2.15. The molecule has 0 unspecified atom stereocenters. The van der Waals surface area contributed by atoms with Crippen molar-refractivity contribution in [2.75, 3.05) is 0 Å². The first kappa shape index (κ1) is 10.3. The molecule has 0 bridgehead atoms. The maximum absolute atomic E-state index is 10.5. The first-order chi connectivity index (χ1) is 6.20. The van der Waals surface area contributed by atoms with E-state index in [2.05, 4.69) is 19.1 Å². The lowest BCUT2D eigenvalue weighted by Gasteiger charge is -2.09. The highest BCUT2D eigenvalue weighted by molar-refractivity contribution is 6.63. The Bertz CT molecular complexity index is 269. The molecule has 0 aliphatic carbocycles. The summed E-state index contributed by atoms with van der Waals surface area (Å²) in [4.78, 5) is 10.5. The van der Waals surface area contributed by atoms with Gasteiger partial charge in [0.05, 0.1) is 0 Å². The molecule has 0 heterocycles. The van der Waals surface area contributed by atoms with Gasteiger partial charge in [-0.1, -0.05) is 37.3 Å². The van der Waals surface area contributed by atoms with Crippen LogP contribution in [0.15, 0.2) is 30.3 Å². The molecule has 0 aromatic heterocycles. The molecule has 1 aromatic rings. The van der Waals surface area contributed by atoms with E-state index >= 15 is 0 Å². The van der Waals surface area contributed by atoms with Crippen molar-refractivity contribution in [2.45, 2.75) is 25.7 Å². The van der Waals surface area contributed by atoms with E-state index in [-0.39, 0.29) is 5.24 Å².